The highest BCUT2D eigenvalue weighted by molar-refractivity contribution is 5.92. The molecule has 1 aliphatic heterocycles. The Morgan fingerprint density at radius 3 is 1.72 bits per heavy atom. The monoisotopic (exact) mass is 400 g/mol. The third kappa shape index (κ3) is 6.66. The minimum Gasteiger partial charge on any atom is -0.321 e. The zero-order valence-electron chi connectivity index (χ0n) is 17.0. The van der Waals surface area contributed by atoms with Crippen LogP contribution >= 0.6 is 0 Å². The molecule has 0 spiro atoms. The first-order valence-electron chi connectivity index (χ1n) is 9.98. The Morgan fingerprint density at radius 1 is 0.793 bits per heavy atom. The number of benzene rings is 2. The van der Waals surface area contributed by atoms with Gasteiger partial charge in [0.2, 0.25) is 0 Å². The van der Waals surface area contributed by atoms with Crippen LogP contribution in [0.2, 0.25) is 0 Å². The number of quaternary nitrogens is 2. The van der Waals surface area contributed by atoms with Crippen molar-refractivity contribution in [2.45, 2.75) is 13.8 Å². The van der Waals surface area contributed by atoms with Crippen LogP contribution in [-0.4, -0.2) is 51.1 Å². The molecule has 0 unspecified atom stereocenters. The second-order valence-corrected chi connectivity index (χ2v) is 7.83. The predicted molar refractivity (Wildman–Crippen MR) is 111 cm³/mol. The van der Waals surface area contributed by atoms with Crippen LogP contribution in [0.5, 0.6) is 0 Å². The molecule has 1 heterocycles. The number of anilines is 2. The molecule has 2 aromatic carbocycles. The van der Waals surface area contributed by atoms with E-state index in [0.29, 0.717) is 18.8 Å². The van der Waals surface area contributed by atoms with Crippen molar-refractivity contribution in [2.75, 3.05) is 49.9 Å². The van der Waals surface area contributed by atoms with Crippen LogP contribution in [0, 0.1) is 19.7 Å². The fraction of sp³-hybridized carbons (Fsp3) is 0.364. The summed E-state index contributed by atoms with van der Waals surface area (Å²) in [5, 5.41) is 5.79. The van der Waals surface area contributed by atoms with Gasteiger partial charge in [0, 0.05) is 11.4 Å². The molecule has 3 rings (SSSR count). The van der Waals surface area contributed by atoms with Gasteiger partial charge in [0.25, 0.3) is 11.8 Å². The van der Waals surface area contributed by atoms with Gasteiger partial charge in [0.15, 0.2) is 13.1 Å². The first kappa shape index (κ1) is 21.0. The lowest BCUT2D eigenvalue weighted by molar-refractivity contribution is -1.00. The SMILES string of the molecule is Cc1cc(C)cc(NC(=O)C[NH+]2CC[NH+](CC(=O)Nc3ccc(F)cc3)CC2)c1. The van der Waals surface area contributed by atoms with E-state index in [1.165, 1.54) is 21.9 Å². The molecule has 0 aliphatic carbocycles. The number of carbonyl (C=O) groups excluding carboxylic acids is 2. The maximum absolute atomic E-state index is 12.9. The van der Waals surface area contributed by atoms with Crippen LogP contribution < -0.4 is 20.4 Å². The van der Waals surface area contributed by atoms with E-state index in [-0.39, 0.29) is 17.6 Å². The topological polar surface area (TPSA) is 67.1 Å². The fourth-order valence-corrected chi connectivity index (χ4v) is 3.76. The molecule has 29 heavy (non-hydrogen) atoms. The quantitative estimate of drug-likeness (QED) is 0.543. The van der Waals surface area contributed by atoms with Gasteiger partial charge in [-0.1, -0.05) is 6.07 Å². The van der Waals surface area contributed by atoms with Crippen LogP contribution in [0.15, 0.2) is 42.5 Å². The summed E-state index contributed by atoms with van der Waals surface area (Å²) in [6, 6.07) is 11.8. The van der Waals surface area contributed by atoms with E-state index in [4.69, 9.17) is 0 Å². The van der Waals surface area contributed by atoms with Crippen LogP contribution in [0.1, 0.15) is 11.1 Å². The van der Waals surface area contributed by atoms with Gasteiger partial charge in [0.05, 0.1) is 0 Å². The number of halogens is 1. The van der Waals surface area contributed by atoms with E-state index in [1.807, 2.05) is 26.0 Å². The molecule has 0 bridgehead atoms. The highest BCUT2D eigenvalue weighted by atomic mass is 19.1. The zero-order chi connectivity index (χ0) is 20.8. The summed E-state index contributed by atoms with van der Waals surface area (Å²) in [6.45, 7) is 8.20. The average molecular weight is 400 g/mol. The second kappa shape index (κ2) is 9.62. The van der Waals surface area contributed by atoms with Crippen LogP contribution in [-0.2, 0) is 9.59 Å². The molecule has 1 aliphatic rings. The number of hydrogen-bond donors (Lipinski definition) is 4. The molecule has 7 heteroatoms. The van der Waals surface area contributed by atoms with Gasteiger partial charge in [-0.25, -0.2) is 4.39 Å². The lowest BCUT2D eigenvalue weighted by atomic mass is 10.1. The molecule has 2 aromatic rings. The van der Waals surface area contributed by atoms with Crippen molar-refractivity contribution < 1.29 is 23.8 Å². The molecule has 1 fully saturated rings. The Labute approximate surface area is 170 Å². The fourth-order valence-electron chi connectivity index (χ4n) is 3.76. The molecule has 154 valence electrons. The van der Waals surface area contributed by atoms with Gasteiger partial charge in [-0.2, -0.15) is 0 Å². The van der Waals surface area contributed by atoms with Gasteiger partial charge < -0.3 is 20.4 Å². The maximum atomic E-state index is 12.9. The van der Waals surface area contributed by atoms with Crippen molar-refractivity contribution in [1.29, 1.82) is 0 Å². The second-order valence-electron chi connectivity index (χ2n) is 7.83. The normalized spacial score (nSPS) is 18.9. The summed E-state index contributed by atoms with van der Waals surface area (Å²) in [6.07, 6.45) is 0. The third-order valence-corrected chi connectivity index (χ3v) is 5.12. The van der Waals surface area contributed by atoms with Gasteiger partial charge in [-0.3, -0.25) is 9.59 Å². The van der Waals surface area contributed by atoms with Crippen molar-refractivity contribution in [3.8, 4) is 0 Å². The highest BCUT2D eigenvalue weighted by Crippen LogP contribution is 2.13. The van der Waals surface area contributed by atoms with Gasteiger partial charge in [-0.05, 0) is 61.4 Å². The van der Waals surface area contributed by atoms with E-state index in [9.17, 15) is 14.0 Å². The van der Waals surface area contributed by atoms with Crippen molar-refractivity contribution >= 4 is 23.2 Å². The van der Waals surface area contributed by atoms with E-state index < -0.39 is 0 Å². The summed E-state index contributed by atoms with van der Waals surface area (Å²) < 4.78 is 12.9. The lowest BCUT2D eigenvalue weighted by Crippen LogP contribution is -3.28. The Balaban J connectivity index is 1.40. The Morgan fingerprint density at radius 2 is 1.24 bits per heavy atom. The maximum Gasteiger partial charge on any atom is 0.279 e. The minimum absolute atomic E-state index is 0.0162. The Kier molecular flexibility index (Phi) is 6.95. The number of rotatable bonds is 6. The van der Waals surface area contributed by atoms with Crippen LogP contribution in [0.3, 0.4) is 0 Å². The van der Waals surface area contributed by atoms with Gasteiger partial charge >= 0.3 is 0 Å². The molecule has 4 N–H and O–H groups in total. The number of piperazine rings is 1. The third-order valence-electron chi connectivity index (χ3n) is 5.12. The Hall–Kier alpha value is -2.77. The van der Waals surface area contributed by atoms with Crippen molar-refractivity contribution in [3.05, 3.63) is 59.4 Å². The molecule has 0 radical (unpaired) electrons. The Bertz CT molecular complexity index is 841. The highest BCUT2D eigenvalue weighted by Gasteiger charge is 2.26. The summed E-state index contributed by atoms with van der Waals surface area (Å²) in [5.74, 6) is -0.389. The number of amides is 2. The number of aryl methyl sites for hydroxylation is 2. The van der Waals surface area contributed by atoms with Gasteiger partial charge in [0.1, 0.15) is 32.0 Å². The summed E-state index contributed by atoms with van der Waals surface area (Å²) in [4.78, 5) is 27.0. The van der Waals surface area contributed by atoms with Crippen molar-refractivity contribution in [3.63, 3.8) is 0 Å². The standard InChI is InChI=1S/C22H27FN4O2/c1-16-11-17(2)13-20(12-16)25-22(29)15-27-9-7-26(8-10-27)14-21(28)24-19-5-3-18(23)4-6-19/h3-6,11-13H,7-10,14-15H2,1-2H3,(H,24,28)(H,25,29)/p+2. The molecule has 0 atom stereocenters. The van der Waals surface area contributed by atoms with E-state index in [2.05, 4.69) is 16.7 Å². The van der Waals surface area contributed by atoms with E-state index >= 15 is 0 Å². The molecule has 1 saturated heterocycles. The molecule has 0 aromatic heterocycles. The molecular formula is C22H29FN4O2+2. The molecule has 6 nitrogen and oxygen atoms in total. The lowest BCUT2D eigenvalue weighted by Gasteiger charge is -2.29. The van der Waals surface area contributed by atoms with Crippen molar-refractivity contribution in [2.24, 2.45) is 0 Å². The van der Waals surface area contributed by atoms with E-state index in [0.717, 1.165) is 43.0 Å². The smallest absolute Gasteiger partial charge is 0.279 e. The molecule has 2 amide bonds. The number of carbonyl (C=O) groups is 2. The number of hydrogen-bond acceptors (Lipinski definition) is 2. The predicted octanol–water partition coefficient (Wildman–Crippen LogP) is -0.197. The average Bonchev–Trinajstić information content (AvgIpc) is 2.64. The largest absolute Gasteiger partial charge is 0.321 e. The summed E-state index contributed by atoms with van der Waals surface area (Å²) in [7, 11) is 0. The van der Waals surface area contributed by atoms with Crippen molar-refractivity contribution in [1.82, 2.24) is 0 Å². The first-order chi connectivity index (χ1) is 13.9. The minimum atomic E-state index is -0.325. The van der Waals surface area contributed by atoms with Crippen LogP contribution in [0.4, 0.5) is 15.8 Å². The molecule has 0 saturated carbocycles. The van der Waals surface area contributed by atoms with E-state index in [1.54, 1.807) is 12.1 Å². The first-order valence-corrected chi connectivity index (χ1v) is 9.98. The van der Waals surface area contributed by atoms with Gasteiger partial charge in [-0.15, -0.1) is 0 Å². The summed E-state index contributed by atoms with van der Waals surface area (Å²) >= 11 is 0. The zero-order valence-corrected chi connectivity index (χ0v) is 17.0. The van der Waals surface area contributed by atoms with Crippen LogP contribution in [0.25, 0.3) is 0 Å². The number of nitrogens with one attached hydrogen (secondary N) is 4. The molecular weight excluding hydrogens is 371 g/mol. The summed E-state index contributed by atoms with van der Waals surface area (Å²) in [5.41, 5.74) is 3.70.